The lowest BCUT2D eigenvalue weighted by molar-refractivity contribution is 0.161. The molecular formula is C9H15NO2. The van der Waals surface area contributed by atoms with Crippen molar-refractivity contribution in [1.82, 2.24) is 0 Å². The van der Waals surface area contributed by atoms with Crippen molar-refractivity contribution in [3.05, 3.63) is 12.7 Å². The standard InChI is InChI=1S/C9H15NO2/c1-3-6-9(12-6)8(10)5-4-7(5)11-2/h3,5-9H,1,4,10H2,2H3. The minimum absolute atomic E-state index is 0.137. The minimum atomic E-state index is 0.137. The van der Waals surface area contributed by atoms with Gasteiger partial charge in [0.1, 0.15) is 12.2 Å². The van der Waals surface area contributed by atoms with Gasteiger partial charge in [-0.25, -0.2) is 0 Å². The molecule has 1 heterocycles. The summed E-state index contributed by atoms with van der Waals surface area (Å²) >= 11 is 0. The van der Waals surface area contributed by atoms with Gasteiger partial charge in [-0.15, -0.1) is 6.58 Å². The van der Waals surface area contributed by atoms with Crippen LogP contribution < -0.4 is 5.73 Å². The predicted octanol–water partition coefficient (Wildman–Crippen LogP) is 0.302. The third-order valence-electron chi connectivity index (χ3n) is 2.75. The number of epoxide rings is 1. The molecular weight excluding hydrogens is 154 g/mol. The SMILES string of the molecule is C=CC1OC1C(N)C1CC1OC. The summed E-state index contributed by atoms with van der Waals surface area (Å²) in [5.41, 5.74) is 5.96. The Morgan fingerprint density at radius 3 is 2.92 bits per heavy atom. The Labute approximate surface area is 72.5 Å². The molecule has 1 saturated carbocycles. The van der Waals surface area contributed by atoms with Crippen LogP contribution in [0.3, 0.4) is 0 Å². The lowest BCUT2D eigenvalue weighted by Crippen LogP contribution is -2.31. The van der Waals surface area contributed by atoms with Crippen molar-refractivity contribution in [3.8, 4) is 0 Å². The van der Waals surface area contributed by atoms with Crippen LogP contribution in [0.25, 0.3) is 0 Å². The van der Waals surface area contributed by atoms with Crippen LogP contribution in [-0.2, 0) is 9.47 Å². The zero-order valence-corrected chi connectivity index (χ0v) is 7.27. The molecule has 68 valence electrons. The molecule has 1 saturated heterocycles. The van der Waals surface area contributed by atoms with E-state index in [1.165, 1.54) is 0 Å². The van der Waals surface area contributed by atoms with E-state index in [0.29, 0.717) is 12.0 Å². The Balaban J connectivity index is 1.79. The van der Waals surface area contributed by atoms with Crippen molar-refractivity contribution in [2.45, 2.75) is 30.8 Å². The van der Waals surface area contributed by atoms with E-state index in [9.17, 15) is 0 Å². The van der Waals surface area contributed by atoms with Crippen molar-refractivity contribution < 1.29 is 9.47 Å². The minimum Gasteiger partial charge on any atom is -0.381 e. The molecule has 1 aliphatic carbocycles. The molecule has 12 heavy (non-hydrogen) atoms. The largest absolute Gasteiger partial charge is 0.381 e. The number of nitrogens with two attached hydrogens (primary N) is 1. The third kappa shape index (κ3) is 1.28. The van der Waals surface area contributed by atoms with Crippen LogP contribution in [0.2, 0.25) is 0 Å². The molecule has 0 aromatic rings. The van der Waals surface area contributed by atoms with E-state index in [0.717, 1.165) is 6.42 Å². The Hall–Kier alpha value is -0.380. The maximum Gasteiger partial charge on any atom is 0.104 e. The first-order chi connectivity index (χ1) is 5.77. The maximum absolute atomic E-state index is 5.96. The first-order valence-electron chi connectivity index (χ1n) is 4.34. The molecule has 5 unspecified atom stereocenters. The molecule has 0 aromatic heterocycles. The molecule has 2 rings (SSSR count). The summed E-state index contributed by atoms with van der Waals surface area (Å²) in [6.07, 6.45) is 3.66. The molecule has 2 fully saturated rings. The molecule has 0 amide bonds. The predicted molar refractivity (Wildman–Crippen MR) is 45.7 cm³/mol. The van der Waals surface area contributed by atoms with Crippen molar-refractivity contribution in [2.75, 3.05) is 7.11 Å². The van der Waals surface area contributed by atoms with Gasteiger partial charge in [0, 0.05) is 19.1 Å². The van der Waals surface area contributed by atoms with Gasteiger partial charge in [-0.3, -0.25) is 0 Å². The van der Waals surface area contributed by atoms with Gasteiger partial charge in [-0.2, -0.15) is 0 Å². The summed E-state index contributed by atoms with van der Waals surface area (Å²) in [6, 6.07) is 0.137. The highest BCUT2D eigenvalue weighted by Gasteiger charge is 2.52. The van der Waals surface area contributed by atoms with Crippen LogP contribution in [0.15, 0.2) is 12.7 Å². The molecule has 2 N–H and O–H groups in total. The van der Waals surface area contributed by atoms with E-state index in [1.807, 2.05) is 6.08 Å². The molecule has 0 aromatic carbocycles. The van der Waals surface area contributed by atoms with Gasteiger partial charge < -0.3 is 15.2 Å². The number of ether oxygens (including phenoxy) is 2. The Kier molecular flexibility index (Phi) is 1.94. The van der Waals surface area contributed by atoms with Crippen molar-refractivity contribution in [3.63, 3.8) is 0 Å². The number of hydrogen-bond donors (Lipinski definition) is 1. The van der Waals surface area contributed by atoms with E-state index in [2.05, 4.69) is 6.58 Å². The first kappa shape index (κ1) is 8.23. The van der Waals surface area contributed by atoms with Crippen LogP contribution in [0.5, 0.6) is 0 Å². The van der Waals surface area contributed by atoms with Gasteiger partial charge in [0.2, 0.25) is 0 Å². The van der Waals surface area contributed by atoms with Crippen LogP contribution >= 0.6 is 0 Å². The Bertz CT molecular complexity index is 195. The lowest BCUT2D eigenvalue weighted by Gasteiger charge is -2.06. The fraction of sp³-hybridized carbons (Fsp3) is 0.778. The van der Waals surface area contributed by atoms with Gasteiger partial charge in [-0.05, 0) is 6.42 Å². The molecule has 0 spiro atoms. The van der Waals surface area contributed by atoms with Crippen molar-refractivity contribution in [1.29, 1.82) is 0 Å². The van der Waals surface area contributed by atoms with Crippen LogP contribution in [0.1, 0.15) is 6.42 Å². The highest BCUT2D eigenvalue weighted by molar-refractivity contribution is 5.09. The quantitative estimate of drug-likeness (QED) is 0.486. The molecule has 2 aliphatic rings. The highest BCUT2D eigenvalue weighted by atomic mass is 16.6. The molecule has 1 aliphatic heterocycles. The Morgan fingerprint density at radius 2 is 2.50 bits per heavy atom. The monoisotopic (exact) mass is 169 g/mol. The summed E-state index contributed by atoms with van der Waals surface area (Å²) < 4.78 is 10.5. The van der Waals surface area contributed by atoms with Gasteiger partial charge in [0.15, 0.2) is 0 Å². The highest BCUT2D eigenvalue weighted by Crippen LogP contribution is 2.41. The summed E-state index contributed by atoms with van der Waals surface area (Å²) in [5, 5.41) is 0. The first-order valence-corrected chi connectivity index (χ1v) is 4.34. The summed E-state index contributed by atoms with van der Waals surface area (Å²) in [5.74, 6) is 0.505. The number of hydrogen-bond acceptors (Lipinski definition) is 3. The molecule has 5 atom stereocenters. The summed E-state index contributed by atoms with van der Waals surface area (Å²) in [7, 11) is 1.73. The summed E-state index contributed by atoms with van der Waals surface area (Å²) in [4.78, 5) is 0. The molecule has 0 radical (unpaired) electrons. The second-order valence-electron chi connectivity index (χ2n) is 3.55. The van der Waals surface area contributed by atoms with Crippen LogP contribution in [0, 0.1) is 5.92 Å². The van der Waals surface area contributed by atoms with E-state index in [1.54, 1.807) is 7.11 Å². The zero-order chi connectivity index (χ0) is 8.72. The van der Waals surface area contributed by atoms with E-state index < -0.39 is 0 Å². The van der Waals surface area contributed by atoms with E-state index in [-0.39, 0.29) is 18.2 Å². The average Bonchev–Trinajstić information content (AvgIpc) is 2.98. The van der Waals surface area contributed by atoms with E-state index >= 15 is 0 Å². The second kappa shape index (κ2) is 2.83. The normalized spacial score (nSPS) is 46.8. The van der Waals surface area contributed by atoms with Gasteiger partial charge in [-0.1, -0.05) is 6.08 Å². The lowest BCUT2D eigenvalue weighted by atomic mass is 10.1. The van der Waals surface area contributed by atoms with Gasteiger partial charge >= 0.3 is 0 Å². The topological polar surface area (TPSA) is 47.8 Å². The molecule has 3 heteroatoms. The number of methoxy groups -OCH3 is 1. The van der Waals surface area contributed by atoms with Crippen LogP contribution in [-0.4, -0.2) is 31.5 Å². The zero-order valence-electron chi connectivity index (χ0n) is 7.27. The molecule has 0 bridgehead atoms. The van der Waals surface area contributed by atoms with Gasteiger partial charge in [0.25, 0.3) is 0 Å². The van der Waals surface area contributed by atoms with Gasteiger partial charge in [0.05, 0.1) is 6.10 Å². The Morgan fingerprint density at radius 1 is 1.75 bits per heavy atom. The van der Waals surface area contributed by atoms with Crippen LogP contribution in [0.4, 0.5) is 0 Å². The second-order valence-corrected chi connectivity index (χ2v) is 3.55. The maximum atomic E-state index is 5.96. The third-order valence-corrected chi connectivity index (χ3v) is 2.75. The van der Waals surface area contributed by atoms with Crippen molar-refractivity contribution in [2.24, 2.45) is 11.7 Å². The number of rotatable bonds is 4. The van der Waals surface area contributed by atoms with Crippen molar-refractivity contribution >= 4 is 0 Å². The fourth-order valence-corrected chi connectivity index (χ4v) is 1.74. The van der Waals surface area contributed by atoms with E-state index in [4.69, 9.17) is 15.2 Å². The smallest absolute Gasteiger partial charge is 0.104 e. The average molecular weight is 169 g/mol. The fourth-order valence-electron chi connectivity index (χ4n) is 1.74. The summed E-state index contributed by atoms with van der Waals surface area (Å²) in [6.45, 7) is 3.66. The molecule has 3 nitrogen and oxygen atoms in total.